The highest BCUT2D eigenvalue weighted by Crippen LogP contribution is 2.17. The lowest BCUT2D eigenvalue weighted by Crippen LogP contribution is -2.41. The molecule has 0 aliphatic rings. The van der Waals surface area contributed by atoms with Crippen molar-refractivity contribution < 1.29 is 12.8 Å². The molecule has 25 heavy (non-hydrogen) atoms. The smallest absolute Gasteiger partial charge is 0.208 e. The van der Waals surface area contributed by atoms with Gasteiger partial charge in [-0.15, -0.1) is 24.0 Å². The summed E-state index contributed by atoms with van der Waals surface area (Å²) < 4.78 is 37.8. The molecule has 0 heterocycles. The molecular weight excluding hydrogens is 478 g/mol. The molecule has 1 aromatic carbocycles. The summed E-state index contributed by atoms with van der Waals surface area (Å²) in [4.78, 5) is 4.48. The van der Waals surface area contributed by atoms with E-state index in [0.29, 0.717) is 25.6 Å². The Kier molecular flexibility index (Phi) is 12.4. The summed E-state index contributed by atoms with van der Waals surface area (Å²) in [6, 6.07) is 4.72. The minimum absolute atomic E-state index is 0. The molecule has 6 nitrogen and oxygen atoms in total. The molecule has 0 bridgehead atoms. The van der Waals surface area contributed by atoms with Gasteiger partial charge in [-0.2, -0.15) is 11.8 Å². The minimum Gasteiger partial charge on any atom is -0.357 e. The fraction of sp³-hybridized carbons (Fsp3) is 0.533. The number of halogens is 2. The van der Waals surface area contributed by atoms with Crippen molar-refractivity contribution in [3.05, 3.63) is 35.1 Å². The zero-order valence-corrected chi connectivity index (χ0v) is 18.6. The van der Waals surface area contributed by atoms with Gasteiger partial charge in [-0.3, -0.25) is 0 Å². The van der Waals surface area contributed by atoms with E-state index in [1.807, 2.05) is 13.2 Å². The van der Waals surface area contributed by atoms with E-state index in [1.54, 1.807) is 17.8 Å². The van der Waals surface area contributed by atoms with Gasteiger partial charge in [0.15, 0.2) is 5.96 Å². The van der Waals surface area contributed by atoms with E-state index < -0.39 is 10.0 Å². The second-order valence-corrected chi connectivity index (χ2v) is 7.83. The van der Waals surface area contributed by atoms with Crippen LogP contribution in [0.2, 0.25) is 0 Å². The molecule has 3 N–H and O–H groups in total. The Hall–Kier alpha value is -0.590. The van der Waals surface area contributed by atoms with Crippen molar-refractivity contribution in [3.63, 3.8) is 0 Å². The summed E-state index contributed by atoms with van der Waals surface area (Å²) in [5, 5.41) is 6.15. The lowest BCUT2D eigenvalue weighted by molar-refractivity contribution is 0.586. The fourth-order valence-electron chi connectivity index (χ4n) is 1.96. The number of rotatable bonds is 9. The molecule has 0 spiro atoms. The van der Waals surface area contributed by atoms with Crippen LogP contribution >= 0.6 is 35.7 Å². The molecule has 0 amide bonds. The third-order valence-electron chi connectivity index (χ3n) is 3.00. The van der Waals surface area contributed by atoms with Gasteiger partial charge in [-0.05, 0) is 36.4 Å². The van der Waals surface area contributed by atoms with Crippen LogP contribution in [0.3, 0.4) is 0 Å². The predicted molar refractivity (Wildman–Crippen MR) is 115 cm³/mol. The first kappa shape index (κ1) is 24.4. The number of nitrogens with one attached hydrogen (secondary N) is 3. The number of sulfonamides is 1. The molecule has 1 rings (SSSR count). The molecule has 0 unspecified atom stereocenters. The molecule has 0 aliphatic heterocycles. The monoisotopic (exact) mass is 504 g/mol. The number of guanidine groups is 1. The molecule has 0 aromatic heterocycles. The number of hydrogen-bond donors (Lipinski definition) is 3. The van der Waals surface area contributed by atoms with Crippen molar-refractivity contribution in [2.24, 2.45) is 4.99 Å². The van der Waals surface area contributed by atoms with E-state index in [9.17, 15) is 12.8 Å². The average molecular weight is 504 g/mol. The molecular formula is C15H26FIN4O2S2. The number of nitrogens with zero attached hydrogens (tertiary/aromatic N) is 1. The van der Waals surface area contributed by atoms with Crippen LogP contribution in [0.15, 0.2) is 23.2 Å². The first-order valence-electron chi connectivity index (χ1n) is 7.58. The van der Waals surface area contributed by atoms with Gasteiger partial charge in [0.1, 0.15) is 5.82 Å². The van der Waals surface area contributed by atoms with E-state index in [-0.39, 0.29) is 36.3 Å². The van der Waals surface area contributed by atoms with Gasteiger partial charge in [0.25, 0.3) is 0 Å². The van der Waals surface area contributed by atoms with Crippen molar-refractivity contribution in [2.75, 3.05) is 32.1 Å². The Morgan fingerprint density at radius 1 is 1.24 bits per heavy atom. The first-order valence-corrected chi connectivity index (χ1v) is 10.9. The minimum atomic E-state index is -3.19. The van der Waals surface area contributed by atoms with Crippen molar-refractivity contribution >= 4 is 51.7 Å². The van der Waals surface area contributed by atoms with E-state index in [2.05, 4.69) is 20.3 Å². The van der Waals surface area contributed by atoms with Gasteiger partial charge in [0, 0.05) is 25.4 Å². The highest BCUT2D eigenvalue weighted by molar-refractivity contribution is 14.0. The van der Waals surface area contributed by atoms with Crippen molar-refractivity contribution in [1.82, 2.24) is 15.4 Å². The summed E-state index contributed by atoms with van der Waals surface area (Å²) in [5.41, 5.74) is 1.90. The van der Waals surface area contributed by atoms with Crippen LogP contribution in [0.1, 0.15) is 18.1 Å². The van der Waals surface area contributed by atoms with Crippen LogP contribution in [0.25, 0.3) is 0 Å². The molecule has 144 valence electrons. The average Bonchev–Trinajstić information content (AvgIpc) is 2.50. The van der Waals surface area contributed by atoms with Gasteiger partial charge >= 0.3 is 0 Å². The lowest BCUT2D eigenvalue weighted by atomic mass is 10.1. The van der Waals surface area contributed by atoms with Crippen LogP contribution in [-0.4, -0.2) is 46.5 Å². The molecule has 0 atom stereocenters. The molecule has 0 fully saturated rings. The van der Waals surface area contributed by atoms with Crippen LogP contribution in [0.5, 0.6) is 0 Å². The van der Waals surface area contributed by atoms with Gasteiger partial charge in [-0.25, -0.2) is 22.5 Å². The molecule has 0 aliphatic carbocycles. The Labute approximate surface area is 170 Å². The summed E-state index contributed by atoms with van der Waals surface area (Å²) in [6.07, 6.45) is 3.09. The zero-order valence-electron chi connectivity index (χ0n) is 14.6. The SMILES string of the molecule is CCNC(=NCc1ccc(F)cc1CSC)NCCNS(C)(=O)=O.I. The highest BCUT2D eigenvalue weighted by Gasteiger charge is 2.05. The van der Waals surface area contributed by atoms with Crippen LogP contribution < -0.4 is 15.4 Å². The van der Waals surface area contributed by atoms with Gasteiger partial charge < -0.3 is 10.6 Å². The fourth-order valence-corrected chi connectivity index (χ4v) is 3.01. The Bertz CT molecular complexity index is 657. The molecule has 0 radical (unpaired) electrons. The largest absolute Gasteiger partial charge is 0.357 e. The van der Waals surface area contributed by atoms with Gasteiger partial charge in [0.2, 0.25) is 10.0 Å². The molecule has 10 heteroatoms. The number of benzene rings is 1. The number of hydrogen-bond acceptors (Lipinski definition) is 4. The lowest BCUT2D eigenvalue weighted by Gasteiger charge is -2.12. The summed E-state index contributed by atoms with van der Waals surface area (Å²) in [6.45, 7) is 3.75. The van der Waals surface area contributed by atoms with E-state index >= 15 is 0 Å². The quantitative estimate of drug-likeness (QED) is 0.207. The van der Waals surface area contributed by atoms with E-state index in [0.717, 1.165) is 23.1 Å². The number of aliphatic imine (C=N–C) groups is 1. The standard InChI is InChI=1S/C15H25FN4O2S2.HI/c1-4-17-15(18-7-8-20-24(3,21)22)19-10-12-5-6-14(16)9-13(12)11-23-2;/h5-6,9,20H,4,7-8,10-11H2,1-3H3,(H2,17,18,19);1H. The van der Waals surface area contributed by atoms with E-state index in [4.69, 9.17) is 0 Å². The Balaban J connectivity index is 0.00000576. The third-order valence-corrected chi connectivity index (χ3v) is 4.33. The zero-order chi connectivity index (χ0) is 18.0. The normalized spacial score (nSPS) is 11.8. The van der Waals surface area contributed by atoms with Crippen LogP contribution in [0, 0.1) is 5.82 Å². The Morgan fingerprint density at radius 2 is 1.96 bits per heavy atom. The summed E-state index contributed by atoms with van der Waals surface area (Å²) >= 11 is 1.63. The first-order chi connectivity index (χ1) is 11.4. The van der Waals surface area contributed by atoms with Crippen molar-refractivity contribution in [3.8, 4) is 0 Å². The van der Waals surface area contributed by atoms with Crippen molar-refractivity contribution in [2.45, 2.75) is 19.2 Å². The summed E-state index contributed by atoms with van der Waals surface area (Å²) in [7, 11) is -3.19. The van der Waals surface area contributed by atoms with Crippen LogP contribution in [0.4, 0.5) is 4.39 Å². The molecule has 0 saturated carbocycles. The predicted octanol–water partition coefficient (Wildman–Crippen LogP) is 1.91. The third kappa shape index (κ3) is 10.9. The van der Waals surface area contributed by atoms with Crippen molar-refractivity contribution in [1.29, 1.82) is 0 Å². The maximum Gasteiger partial charge on any atom is 0.208 e. The van der Waals surface area contributed by atoms with Gasteiger partial charge in [-0.1, -0.05) is 6.07 Å². The number of thioether (sulfide) groups is 1. The second kappa shape index (κ2) is 12.7. The summed E-state index contributed by atoms with van der Waals surface area (Å²) in [5.74, 6) is 1.07. The Morgan fingerprint density at radius 3 is 2.56 bits per heavy atom. The maximum absolute atomic E-state index is 13.4. The molecule has 1 aromatic rings. The second-order valence-electron chi connectivity index (χ2n) is 5.13. The highest BCUT2D eigenvalue weighted by atomic mass is 127. The molecule has 0 saturated heterocycles. The van der Waals surface area contributed by atoms with Crippen LogP contribution in [-0.2, 0) is 22.3 Å². The van der Waals surface area contributed by atoms with Gasteiger partial charge in [0.05, 0.1) is 12.8 Å². The topological polar surface area (TPSA) is 82.6 Å². The van der Waals surface area contributed by atoms with E-state index in [1.165, 1.54) is 12.1 Å². The maximum atomic E-state index is 13.4.